The van der Waals surface area contributed by atoms with Gasteiger partial charge in [0.2, 0.25) is 10.0 Å². The maximum absolute atomic E-state index is 13.5. The first-order chi connectivity index (χ1) is 18.9. The Morgan fingerprint density at radius 1 is 1.15 bits per heavy atom. The Labute approximate surface area is 229 Å². The van der Waals surface area contributed by atoms with E-state index in [9.17, 15) is 26.4 Å². The summed E-state index contributed by atoms with van der Waals surface area (Å²) in [6.45, 7) is 2.31. The number of hydrogen-bond acceptors (Lipinski definition) is 7. The summed E-state index contributed by atoms with van der Waals surface area (Å²) in [5, 5.41) is 16.4. The van der Waals surface area contributed by atoms with Crippen LogP contribution in [0.4, 0.5) is 30.4 Å². The molecule has 216 valence electrons. The van der Waals surface area contributed by atoms with E-state index in [4.69, 9.17) is 5.11 Å². The number of carbonyl (C=O) groups is 1. The number of halogens is 3. The lowest BCUT2D eigenvalue weighted by molar-refractivity contribution is -0.142. The molecule has 10 nitrogen and oxygen atoms in total. The minimum atomic E-state index is -4.37. The molecule has 1 aliphatic carbocycles. The van der Waals surface area contributed by atoms with E-state index in [1.165, 1.54) is 42.8 Å². The number of aliphatic hydroxyl groups excluding tert-OH is 1. The Kier molecular flexibility index (Phi) is 7.42. The fourth-order valence-corrected chi connectivity index (χ4v) is 6.05. The summed E-state index contributed by atoms with van der Waals surface area (Å²) in [7, 11) is -3.77. The summed E-state index contributed by atoms with van der Waals surface area (Å²) in [6, 6.07) is 6.80. The molecule has 1 atom stereocenters. The molecule has 3 aromatic rings. The Morgan fingerprint density at radius 3 is 2.52 bits per heavy atom. The van der Waals surface area contributed by atoms with Crippen molar-refractivity contribution in [3.8, 4) is 0 Å². The number of amides is 1. The van der Waals surface area contributed by atoms with E-state index in [0.717, 1.165) is 12.8 Å². The van der Waals surface area contributed by atoms with E-state index in [-0.39, 0.29) is 17.2 Å². The van der Waals surface area contributed by atoms with Gasteiger partial charge < -0.3 is 15.3 Å². The lowest BCUT2D eigenvalue weighted by atomic mass is 9.93. The molecule has 40 heavy (non-hydrogen) atoms. The molecule has 1 amide bonds. The molecule has 0 radical (unpaired) electrons. The molecule has 1 saturated carbocycles. The minimum Gasteiger partial charge on any atom is -0.395 e. The monoisotopic (exact) mass is 580 g/mol. The number of sulfonamides is 1. The maximum Gasteiger partial charge on any atom is 0.391 e. The highest BCUT2D eigenvalue weighted by atomic mass is 32.2. The number of hydrogen-bond donors (Lipinski definition) is 3. The van der Waals surface area contributed by atoms with Crippen LogP contribution in [0.15, 0.2) is 36.5 Å². The van der Waals surface area contributed by atoms with Gasteiger partial charge in [0.15, 0.2) is 5.65 Å². The molecule has 1 aromatic carbocycles. The second-order valence-electron chi connectivity index (χ2n) is 10.7. The van der Waals surface area contributed by atoms with E-state index in [0.29, 0.717) is 35.1 Å². The van der Waals surface area contributed by atoms with E-state index in [2.05, 4.69) is 25.0 Å². The lowest BCUT2D eigenvalue weighted by Gasteiger charge is -2.35. The van der Waals surface area contributed by atoms with Crippen LogP contribution in [-0.4, -0.2) is 65.8 Å². The lowest BCUT2D eigenvalue weighted by Crippen LogP contribution is -2.35. The van der Waals surface area contributed by atoms with Crippen LogP contribution in [0.5, 0.6) is 0 Å². The number of aliphatic hydroxyl groups is 1. The summed E-state index contributed by atoms with van der Waals surface area (Å²) >= 11 is 0. The van der Waals surface area contributed by atoms with Crippen LogP contribution in [0.2, 0.25) is 0 Å². The minimum absolute atomic E-state index is 0.146. The zero-order valence-corrected chi connectivity index (χ0v) is 22.7. The highest BCUT2D eigenvalue weighted by Crippen LogP contribution is 2.54. The standard InChI is InChI=1S/C26H31F3N6O4S/c1-17(15-26(27,28)29)35-23-18(16-30-35)2-5-22(31-23)32-24(37)20-4-3-19(33-40(38,39)13-12-36)14-21(20)34-10-8-25(6-7-25)9-11-34/h2-5,14,16-17,33,36H,6-13,15H2,1H3,(H,31,32,37)/t17-/m1/s1. The third-order valence-corrected chi connectivity index (χ3v) is 8.89. The van der Waals surface area contributed by atoms with Crippen molar-refractivity contribution in [2.75, 3.05) is 40.4 Å². The summed E-state index contributed by atoms with van der Waals surface area (Å²) in [5.41, 5.74) is 1.73. The molecule has 0 bridgehead atoms. The van der Waals surface area contributed by atoms with Gasteiger partial charge in [0.25, 0.3) is 5.91 Å². The molecule has 2 aromatic heterocycles. The number of alkyl halides is 3. The van der Waals surface area contributed by atoms with Crippen molar-refractivity contribution in [2.24, 2.45) is 5.41 Å². The van der Waals surface area contributed by atoms with E-state index < -0.39 is 46.9 Å². The average molecular weight is 581 g/mol. The fourth-order valence-electron chi connectivity index (χ4n) is 5.22. The Hall–Kier alpha value is -3.39. The number of anilines is 3. The summed E-state index contributed by atoms with van der Waals surface area (Å²) in [5.74, 6) is -0.802. The second kappa shape index (κ2) is 10.5. The van der Waals surface area contributed by atoms with Gasteiger partial charge in [0.1, 0.15) is 5.82 Å². The van der Waals surface area contributed by atoms with Crippen LogP contribution < -0.4 is 14.9 Å². The van der Waals surface area contributed by atoms with Crippen molar-refractivity contribution in [1.29, 1.82) is 0 Å². The molecule has 5 rings (SSSR count). The van der Waals surface area contributed by atoms with E-state index >= 15 is 0 Å². The third kappa shape index (κ3) is 6.33. The molecule has 2 aliphatic rings. The highest BCUT2D eigenvalue weighted by molar-refractivity contribution is 7.92. The first-order valence-corrected chi connectivity index (χ1v) is 14.7. The Balaban J connectivity index is 1.42. The predicted molar refractivity (Wildman–Crippen MR) is 145 cm³/mol. The van der Waals surface area contributed by atoms with Gasteiger partial charge in [0, 0.05) is 18.5 Å². The first kappa shape index (κ1) is 28.1. The van der Waals surface area contributed by atoms with Gasteiger partial charge in [-0.05, 0) is 68.4 Å². The molecule has 1 spiro atoms. The van der Waals surface area contributed by atoms with Crippen molar-refractivity contribution < 1.29 is 31.5 Å². The summed E-state index contributed by atoms with van der Waals surface area (Å²) < 4.78 is 67.0. The van der Waals surface area contributed by atoms with Crippen molar-refractivity contribution in [3.05, 3.63) is 42.1 Å². The number of carbonyl (C=O) groups excluding carboxylic acids is 1. The van der Waals surface area contributed by atoms with Crippen LogP contribution >= 0.6 is 0 Å². The number of aromatic nitrogens is 3. The highest BCUT2D eigenvalue weighted by Gasteiger charge is 2.44. The molecule has 2 fully saturated rings. The largest absolute Gasteiger partial charge is 0.395 e. The predicted octanol–water partition coefficient (Wildman–Crippen LogP) is 4.31. The van der Waals surface area contributed by atoms with E-state index in [1.807, 2.05) is 0 Å². The van der Waals surface area contributed by atoms with Gasteiger partial charge >= 0.3 is 6.18 Å². The van der Waals surface area contributed by atoms with Crippen LogP contribution in [-0.2, 0) is 10.0 Å². The number of rotatable bonds is 9. The molecule has 1 saturated heterocycles. The maximum atomic E-state index is 13.5. The number of nitrogens with one attached hydrogen (secondary N) is 2. The SMILES string of the molecule is C[C@H](CC(F)(F)F)n1ncc2ccc(NC(=O)c3ccc(NS(=O)(=O)CCO)cc3N3CCC4(CC3)CC4)nc21. The summed E-state index contributed by atoms with van der Waals surface area (Å²) in [6.07, 6.45) is 0.337. The van der Waals surface area contributed by atoms with Gasteiger partial charge in [-0.15, -0.1) is 0 Å². The van der Waals surface area contributed by atoms with Crippen LogP contribution in [0, 0.1) is 5.41 Å². The number of piperidine rings is 1. The second-order valence-corrected chi connectivity index (χ2v) is 12.5. The summed E-state index contributed by atoms with van der Waals surface area (Å²) in [4.78, 5) is 19.9. The molecule has 1 aliphatic heterocycles. The third-order valence-electron chi connectivity index (χ3n) is 7.63. The van der Waals surface area contributed by atoms with Crippen molar-refractivity contribution in [3.63, 3.8) is 0 Å². The molecule has 0 unspecified atom stereocenters. The topological polar surface area (TPSA) is 129 Å². The van der Waals surface area contributed by atoms with E-state index in [1.54, 1.807) is 18.2 Å². The van der Waals surface area contributed by atoms with Crippen LogP contribution in [0.3, 0.4) is 0 Å². The van der Waals surface area contributed by atoms with Crippen LogP contribution in [0.25, 0.3) is 11.0 Å². The van der Waals surface area contributed by atoms with Gasteiger partial charge in [-0.25, -0.2) is 18.1 Å². The van der Waals surface area contributed by atoms with Crippen molar-refractivity contribution in [2.45, 2.75) is 51.2 Å². The quantitative estimate of drug-likeness (QED) is 0.344. The van der Waals surface area contributed by atoms with Crippen molar-refractivity contribution >= 4 is 44.2 Å². The Morgan fingerprint density at radius 2 is 1.88 bits per heavy atom. The zero-order chi connectivity index (χ0) is 28.7. The van der Waals surface area contributed by atoms with Gasteiger partial charge in [-0.3, -0.25) is 9.52 Å². The number of fused-ring (bicyclic) bond motifs is 1. The molecule has 14 heteroatoms. The molecule has 3 N–H and O–H groups in total. The van der Waals surface area contributed by atoms with Crippen LogP contribution in [0.1, 0.15) is 55.4 Å². The smallest absolute Gasteiger partial charge is 0.391 e. The normalized spacial score (nSPS) is 17.7. The first-order valence-electron chi connectivity index (χ1n) is 13.1. The Bertz CT molecular complexity index is 1510. The average Bonchev–Trinajstić information content (AvgIpc) is 3.48. The fraction of sp³-hybridized carbons (Fsp3) is 0.500. The van der Waals surface area contributed by atoms with Gasteiger partial charge in [-0.1, -0.05) is 0 Å². The molecular weight excluding hydrogens is 549 g/mol. The van der Waals surface area contributed by atoms with Gasteiger partial charge in [0.05, 0.1) is 48.0 Å². The number of benzene rings is 1. The molecule has 3 heterocycles. The van der Waals surface area contributed by atoms with Crippen molar-refractivity contribution in [1.82, 2.24) is 14.8 Å². The van der Waals surface area contributed by atoms with Gasteiger partial charge in [-0.2, -0.15) is 18.3 Å². The molecular formula is C26H31F3N6O4S. The number of nitrogens with zero attached hydrogens (tertiary/aromatic N) is 4. The zero-order valence-electron chi connectivity index (χ0n) is 21.9. The number of pyridine rings is 1.